The highest BCUT2D eigenvalue weighted by molar-refractivity contribution is 6.70. The number of rotatable bonds is 22. The monoisotopic (exact) mass is 560 g/mol. The minimum absolute atomic E-state index is 0.101. The molecule has 1 rings (SSSR count). The minimum Gasteiger partial charge on any atom is -0.542 e. The van der Waals surface area contributed by atoms with E-state index < -0.39 is 8.32 Å². The van der Waals surface area contributed by atoms with Crippen LogP contribution < -0.4 is 9.16 Å². The Labute approximate surface area is 238 Å². The summed E-state index contributed by atoms with van der Waals surface area (Å²) in [4.78, 5) is 23.1. The van der Waals surface area contributed by atoms with Crippen LogP contribution in [0, 0.1) is 0 Å². The van der Waals surface area contributed by atoms with Crippen molar-refractivity contribution in [2.75, 3.05) is 20.8 Å². The van der Waals surface area contributed by atoms with Gasteiger partial charge in [-0.3, -0.25) is 4.79 Å². The van der Waals surface area contributed by atoms with E-state index in [0.717, 1.165) is 49.8 Å². The predicted molar refractivity (Wildman–Crippen MR) is 163 cm³/mol. The number of esters is 2. The van der Waals surface area contributed by atoms with Gasteiger partial charge in [0.1, 0.15) is 5.75 Å². The fraction of sp³-hybridized carbons (Fsp3) is 0.625. The number of ether oxygens (including phenoxy) is 3. The number of carbonyl (C=O) groups is 2. The normalized spacial score (nSPS) is 11.7. The van der Waals surface area contributed by atoms with Crippen molar-refractivity contribution in [3.8, 4) is 11.5 Å². The van der Waals surface area contributed by atoms with Crippen LogP contribution in [-0.4, -0.2) is 41.1 Å². The second-order valence-electron chi connectivity index (χ2n) is 10.9. The molecule has 0 saturated carbocycles. The molecule has 0 spiro atoms. The summed E-state index contributed by atoms with van der Waals surface area (Å²) < 4.78 is 21.5. The van der Waals surface area contributed by atoms with Crippen LogP contribution in [-0.2, 0) is 19.1 Å². The second kappa shape index (κ2) is 21.3. The Hall–Kier alpha value is -2.54. The first kappa shape index (κ1) is 34.5. The average molecular weight is 561 g/mol. The number of benzene rings is 1. The molecular formula is C32H52O6Si. The maximum Gasteiger partial charge on any atom is 0.330 e. The lowest BCUT2D eigenvalue weighted by Crippen LogP contribution is -2.29. The molecule has 0 N–H and O–H groups in total. The molecule has 0 aliphatic rings. The fourth-order valence-electron chi connectivity index (χ4n) is 4.06. The zero-order valence-corrected chi connectivity index (χ0v) is 26.1. The van der Waals surface area contributed by atoms with E-state index in [1.807, 2.05) is 18.2 Å². The lowest BCUT2D eigenvalue weighted by Gasteiger charge is -2.21. The van der Waals surface area contributed by atoms with Gasteiger partial charge in [-0.05, 0) is 81.9 Å². The summed E-state index contributed by atoms with van der Waals surface area (Å²) in [5.41, 5.74) is 0.866. The highest BCUT2D eigenvalue weighted by Crippen LogP contribution is 2.30. The Morgan fingerprint density at radius 3 is 1.95 bits per heavy atom. The van der Waals surface area contributed by atoms with Gasteiger partial charge in [-0.25, -0.2) is 4.79 Å². The van der Waals surface area contributed by atoms with Crippen LogP contribution in [0.1, 0.15) is 95.5 Å². The number of carbonyl (C=O) groups excluding carboxylic acids is 2. The number of methoxy groups -OCH3 is 2. The summed E-state index contributed by atoms with van der Waals surface area (Å²) in [7, 11) is 1.34. The van der Waals surface area contributed by atoms with E-state index in [9.17, 15) is 9.59 Å². The van der Waals surface area contributed by atoms with Crippen molar-refractivity contribution in [3.63, 3.8) is 0 Å². The first-order chi connectivity index (χ1) is 18.7. The van der Waals surface area contributed by atoms with E-state index in [1.54, 1.807) is 13.2 Å². The minimum atomic E-state index is -1.73. The Kier molecular flexibility index (Phi) is 18.8. The Balaban J connectivity index is 2.01. The Morgan fingerprint density at radius 2 is 1.36 bits per heavy atom. The van der Waals surface area contributed by atoms with Crippen molar-refractivity contribution in [3.05, 3.63) is 42.0 Å². The van der Waals surface area contributed by atoms with Gasteiger partial charge in [-0.15, -0.1) is 0 Å². The lowest BCUT2D eigenvalue weighted by molar-refractivity contribution is -0.141. The lowest BCUT2D eigenvalue weighted by atomic mass is 10.1. The topological polar surface area (TPSA) is 71.1 Å². The molecule has 0 amide bonds. The zero-order valence-electron chi connectivity index (χ0n) is 25.1. The predicted octanol–water partition coefficient (Wildman–Crippen LogP) is 8.66. The number of unbranched alkanes of at least 4 members (excludes halogenated alkanes) is 11. The van der Waals surface area contributed by atoms with Gasteiger partial charge in [0.25, 0.3) is 0 Å². The van der Waals surface area contributed by atoms with E-state index >= 15 is 0 Å². The first-order valence-electron chi connectivity index (χ1n) is 14.7. The molecular weight excluding hydrogens is 508 g/mol. The maximum absolute atomic E-state index is 12.0. The van der Waals surface area contributed by atoms with E-state index in [-0.39, 0.29) is 11.9 Å². The third-order valence-corrected chi connectivity index (χ3v) is 7.00. The van der Waals surface area contributed by atoms with E-state index in [0.29, 0.717) is 18.8 Å². The van der Waals surface area contributed by atoms with Crippen LogP contribution >= 0.6 is 0 Å². The van der Waals surface area contributed by atoms with Crippen LogP contribution in [0.5, 0.6) is 11.5 Å². The smallest absolute Gasteiger partial charge is 0.330 e. The fourth-order valence-corrected chi connectivity index (χ4v) is 4.89. The van der Waals surface area contributed by atoms with Crippen LogP contribution in [0.15, 0.2) is 36.4 Å². The van der Waals surface area contributed by atoms with Crippen molar-refractivity contribution in [2.45, 2.75) is 110 Å². The highest BCUT2D eigenvalue weighted by atomic mass is 28.4. The van der Waals surface area contributed by atoms with Crippen molar-refractivity contribution >= 4 is 26.3 Å². The largest absolute Gasteiger partial charge is 0.542 e. The van der Waals surface area contributed by atoms with E-state index in [2.05, 4.69) is 36.5 Å². The van der Waals surface area contributed by atoms with Gasteiger partial charge < -0.3 is 18.6 Å². The van der Waals surface area contributed by atoms with Crippen LogP contribution in [0.3, 0.4) is 0 Å². The van der Waals surface area contributed by atoms with Gasteiger partial charge in [0.05, 0.1) is 20.8 Å². The SMILES string of the molecule is COC(=O)CCCCCCC/C=C\CCCCCCCCOC(=O)/C=C/c1ccc(O[Si](C)(C)C)c(OC)c1. The molecule has 0 atom stereocenters. The van der Waals surface area contributed by atoms with E-state index in [1.165, 1.54) is 58.1 Å². The summed E-state index contributed by atoms with van der Waals surface area (Å²) in [5.74, 6) is 0.986. The second-order valence-corrected chi connectivity index (χ2v) is 15.3. The molecule has 0 unspecified atom stereocenters. The molecule has 39 heavy (non-hydrogen) atoms. The molecule has 7 heteroatoms. The molecule has 0 heterocycles. The van der Waals surface area contributed by atoms with Crippen LogP contribution in [0.4, 0.5) is 0 Å². The van der Waals surface area contributed by atoms with Gasteiger partial charge in [0, 0.05) is 12.5 Å². The maximum atomic E-state index is 12.0. The van der Waals surface area contributed by atoms with Crippen LogP contribution in [0.25, 0.3) is 6.08 Å². The Bertz CT molecular complexity index is 872. The molecule has 0 fully saturated rings. The van der Waals surface area contributed by atoms with Gasteiger partial charge in [0.2, 0.25) is 8.32 Å². The van der Waals surface area contributed by atoms with Gasteiger partial charge in [-0.2, -0.15) is 0 Å². The van der Waals surface area contributed by atoms with Crippen molar-refractivity contribution in [1.82, 2.24) is 0 Å². The summed E-state index contributed by atoms with van der Waals surface area (Å²) in [5, 5.41) is 0. The van der Waals surface area contributed by atoms with E-state index in [4.69, 9.17) is 13.9 Å². The number of hydrogen-bond donors (Lipinski definition) is 0. The number of hydrogen-bond acceptors (Lipinski definition) is 6. The zero-order chi connectivity index (χ0) is 28.8. The standard InChI is InChI=1S/C32H52O6Si/c1-35-30-27-28(22-24-29(30)38-39(3,4)5)23-25-32(34)37-26-20-18-16-14-12-10-8-6-7-9-11-13-15-17-19-21-31(33)36-2/h6-7,22-25,27H,8-21,26H2,1-5H3/b7-6-,25-23+. The van der Waals surface area contributed by atoms with Gasteiger partial charge in [-0.1, -0.05) is 63.2 Å². The molecule has 220 valence electrons. The molecule has 0 bridgehead atoms. The molecule has 0 aliphatic carbocycles. The highest BCUT2D eigenvalue weighted by Gasteiger charge is 2.18. The third kappa shape index (κ3) is 19.2. The molecule has 1 aromatic rings. The first-order valence-corrected chi connectivity index (χ1v) is 18.1. The third-order valence-electron chi connectivity index (χ3n) is 6.17. The molecule has 0 saturated heterocycles. The molecule has 0 aliphatic heterocycles. The van der Waals surface area contributed by atoms with Crippen LogP contribution in [0.2, 0.25) is 19.6 Å². The molecule has 1 aromatic carbocycles. The van der Waals surface area contributed by atoms with Crippen molar-refractivity contribution in [2.24, 2.45) is 0 Å². The number of allylic oxidation sites excluding steroid dienone is 2. The van der Waals surface area contributed by atoms with Gasteiger partial charge in [0.15, 0.2) is 5.75 Å². The molecule has 6 nitrogen and oxygen atoms in total. The average Bonchev–Trinajstić information content (AvgIpc) is 2.90. The summed E-state index contributed by atoms with van der Waals surface area (Å²) in [6, 6.07) is 5.67. The summed E-state index contributed by atoms with van der Waals surface area (Å²) in [6.07, 6.45) is 23.3. The quantitative estimate of drug-likeness (QED) is 0.0464. The molecule has 0 radical (unpaired) electrons. The van der Waals surface area contributed by atoms with Crippen molar-refractivity contribution < 1.29 is 28.2 Å². The molecule has 0 aromatic heterocycles. The summed E-state index contributed by atoms with van der Waals surface area (Å²) in [6.45, 7) is 6.84. The van der Waals surface area contributed by atoms with Crippen molar-refractivity contribution in [1.29, 1.82) is 0 Å². The summed E-state index contributed by atoms with van der Waals surface area (Å²) >= 11 is 0. The van der Waals surface area contributed by atoms with Gasteiger partial charge >= 0.3 is 11.9 Å². The Morgan fingerprint density at radius 1 is 0.769 bits per heavy atom.